The average molecular weight is 284 g/mol. The molecule has 0 saturated carbocycles. The van der Waals surface area contributed by atoms with E-state index in [9.17, 15) is 13.8 Å². The topological polar surface area (TPSA) is 96.4 Å². The van der Waals surface area contributed by atoms with E-state index in [2.05, 4.69) is 10.3 Å². The highest BCUT2D eigenvalue weighted by molar-refractivity contribution is 7.84. The molecular formula is C12H16N2O4S. The number of rotatable bonds is 5. The SMILES string of the molecule is Cc1nc(C(=O)NCC(C)S(C)=O)ccc1C(=O)O. The van der Waals surface area contributed by atoms with Crippen molar-refractivity contribution in [1.82, 2.24) is 10.3 Å². The van der Waals surface area contributed by atoms with Crippen LogP contribution in [0.4, 0.5) is 0 Å². The predicted molar refractivity (Wildman–Crippen MR) is 71.8 cm³/mol. The fourth-order valence-corrected chi connectivity index (χ4v) is 1.68. The van der Waals surface area contributed by atoms with Crippen molar-refractivity contribution in [3.8, 4) is 0 Å². The van der Waals surface area contributed by atoms with Crippen LogP contribution in [-0.4, -0.2) is 44.2 Å². The maximum Gasteiger partial charge on any atom is 0.337 e. The van der Waals surface area contributed by atoms with E-state index in [1.807, 2.05) is 0 Å². The summed E-state index contributed by atoms with van der Waals surface area (Å²) in [6.45, 7) is 3.58. The van der Waals surface area contributed by atoms with Crippen molar-refractivity contribution in [3.63, 3.8) is 0 Å². The van der Waals surface area contributed by atoms with Gasteiger partial charge >= 0.3 is 5.97 Å². The second-order valence-electron chi connectivity index (χ2n) is 4.15. The van der Waals surface area contributed by atoms with Gasteiger partial charge in [-0.25, -0.2) is 9.78 Å². The average Bonchev–Trinajstić information content (AvgIpc) is 2.34. The Bertz CT molecular complexity index is 530. The van der Waals surface area contributed by atoms with Crippen LogP contribution < -0.4 is 5.32 Å². The lowest BCUT2D eigenvalue weighted by atomic mass is 10.2. The molecule has 0 radical (unpaired) electrons. The zero-order valence-corrected chi connectivity index (χ0v) is 11.8. The molecule has 0 aliphatic rings. The second-order valence-corrected chi connectivity index (χ2v) is 5.96. The summed E-state index contributed by atoms with van der Waals surface area (Å²) < 4.78 is 11.1. The number of carboxylic acid groups (broad SMARTS) is 1. The molecule has 2 unspecified atom stereocenters. The largest absolute Gasteiger partial charge is 0.478 e. The summed E-state index contributed by atoms with van der Waals surface area (Å²) in [5.74, 6) is -1.48. The van der Waals surface area contributed by atoms with Crippen molar-refractivity contribution < 1.29 is 18.9 Å². The van der Waals surface area contributed by atoms with E-state index in [0.29, 0.717) is 0 Å². The molecule has 0 spiro atoms. The van der Waals surface area contributed by atoms with E-state index in [-0.39, 0.29) is 28.7 Å². The highest BCUT2D eigenvalue weighted by Gasteiger charge is 2.14. The molecule has 1 amide bonds. The molecule has 0 aliphatic carbocycles. The van der Waals surface area contributed by atoms with Crippen LogP contribution in [0, 0.1) is 6.92 Å². The third-order valence-electron chi connectivity index (χ3n) is 2.67. The number of nitrogens with one attached hydrogen (secondary N) is 1. The fourth-order valence-electron chi connectivity index (χ4n) is 1.36. The molecule has 104 valence electrons. The minimum absolute atomic E-state index is 0.0691. The smallest absolute Gasteiger partial charge is 0.337 e. The van der Waals surface area contributed by atoms with Crippen LogP contribution in [0.1, 0.15) is 33.5 Å². The van der Waals surface area contributed by atoms with Gasteiger partial charge in [0.25, 0.3) is 5.91 Å². The van der Waals surface area contributed by atoms with Gasteiger partial charge in [0.1, 0.15) is 5.69 Å². The molecule has 1 heterocycles. The summed E-state index contributed by atoms with van der Waals surface area (Å²) >= 11 is 0. The molecule has 7 heteroatoms. The number of hydrogen-bond donors (Lipinski definition) is 2. The van der Waals surface area contributed by atoms with Gasteiger partial charge in [0.05, 0.1) is 11.3 Å². The first-order chi connectivity index (χ1) is 8.82. The molecule has 0 bridgehead atoms. The maximum absolute atomic E-state index is 11.8. The Morgan fingerprint density at radius 3 is 2.58 bits per heavy atom. The summed E-state index contributed by atoms with van der Waals surface area (Å²) in [6.07, 6.45) is 1.57. The van der Waals surface area contributed by atoms with E-state index >= 15 is 0 Å². The molecule has 0 fully saturated rings. The van der Waals surface area contributed by atoms with Crippen molar-refractivity contribution in [2.24, 2.45) is 0 Å². The van der Waals surface area contributed by atoms with Gasteiger partial charge in [-0.1, -0.05) is 0 Å². The van der Waals surface area contributed by atoms with Crippen LogP contribution in [0.5, 0.6) is 0 Å². The first kappa shape index (κ1) is 15.3. The molecule has 0 saturated heterocycles. The number of aromatic nitrogens is 1. The number of aromatic carboxylic acids is 1. The summed E-state index contributed by atoms with van der Waals surface area (Å²) in [5, 5.41) is 11.3. The summed E-state index contributed by atoms with van der Waals surface area (Å²) in [7, 11) is -1.01. The van der Waals surface area contributed by atoms with Crippen LogP contribution in [0.15, 0.2) is 12.1 Å². The van der Waals surface area contributed by atoms with E-state index in [0.717, 1.165) is 0 Å². The Morgan fingerprint density at radius 2 is 2.11 bits per heavy atom. The normalized spacial score (nSPS) is 13.6. The van der Waals surface area contributed by atoms with Crippen molar-refractivity contribution in [3.05, 3.63) is 29.1 Å². The minimum atomic E-state index is -1.08. The number of carbonyl (C=O) groups excluding carboxylic acids is 1. The number of amides is 1. The first-order valence-corrected chi connectivity index (χ1v) is 7.26. The molecule has 1 aromatic rings. The molecule has 0 aliphatic heterocycles. The number of carboxylic acids is 1. The zero-order chi connectivity index (χ0) is 14.6. The Balaban J connectivity index is 2.76. The van der Waals surface area contributed by atoms with Crippen LogP contribution >= 0.6 is 0 Å². The van der Waals surface area contributed by atoms with Crippen molar-refractivity contribution in [1.29, 1.82) is 0 Å². The van der Waals surface area contributed by atoms with Gasteiger partial charge in [-0.15, -0.1) is 0 Å². The fraction of sp³-hybridized carbons (Fsp3) is 0.417. The molecule has 6 nitrogen and oxygen atoms in total. The number of aryl methyl sites for hydroxylation is 1. The third kappa shape index (κ3) is 4.13. The molecule has 1 aromatic heterocycles. The van der Waals surface area contributed by atoms with E-state index in [1.165, 1.54) is 19.1 Å². The Hall–Kier alpha value is -1.76. The van der Waals surface area contributed by atoms with Crippen LogP contribution in [-0.2, 0) is 10.8 Å². The van der Waals surface area contributed by atoms with Crippen molar-refractivity contribution in [2.45, 2.75) is 19.1 Å². The lowest BCUT2D eigenvalue weighted by molar-refractivity contribution is 0.0694. The standard InChI is InChI=1S/C12H16N2O4S/c1-7(19(3)18)6-13-11(15)10-5-4-9(12(16)17)8(2)14-10/h4-5,7H,6H2,1-3H3,(H,13,15)(H,16,17). The molecule has 2 N–H and O–H groups in total. The second kappa shape index (κ2) is 6.42. The minimum Gasteiger partial charge on any atom is -0.478 e. The Morgan fingerprint density at radius 1 is 1.47 bits per heavy atom. The maximum atomic E-state index is 11.8. The van der Waals surface area contributed by atoms with E-state index < -0.39 is 22.7 Å². The summed E-state index contributed by atoms with van der Waals surface area (Å²) in [4.78, 5) is 26.6. The molecule has 2 atom stereocenters. The number of pyridine rings is 1. The van der Waals surface area contributed by atoms with E-state index in [4.69, 9.17) is 5.11 Å². The Labute approximate surface area is 113 Å². The van der Waals surface area contributed by atoms with Gasteiger partial charge in [0.15, 0.2) is 0 Å². The van der Waals surface area contributed by atoms with E-state index in [1.54, 1.807) is 13.2 Å². The lowest BCUT2D eigenvalue weighted by Crippen LogP contribution is -2.33. The van der Waals surface area contributed by atoms with Crippen LogP contribution in [0.2, 0.25) is 0 Å². The quantitative estimate of drug-likeness (QED) is 0.824. The molecular weight excluding hydrogens is 268 g/mol. The lowest BCUT2D eigenvalue weighted by Gasteiger charge is -2.10. The zero-order valence-electron chi connectivity index (χ0n) is 11.0. The van der Waals surface area contributed by atoms with Gasteiger partial charge < -0.3 is 10.4 Å². The molecule has 0 aromatic carbocycles. The number of carbonyl (C=O) groups is 2. The molecule has 19 heavy (non-hydrogen) atoms. The van der Waals surface area contributed by atoms with Crippen molar-refractivity contribution in [2.75, 3.05) is 12.8 Å². The highest BCUT2D eigenvalue weighted by Crippen LogP contribution is 2.07. The highest BCUT2D eigenvalue weighted by atomic mass is 32.2. The van der Waals surface area contributed by atoms with Gasteiger partial charge in [0.2, 0.25) is 0 Å². The Kier molecular flexibility index (Phi) is 5.17. The third-order valence-corrected chi connectivity index (χ3v) is 3.97. The van der Waals surface area contributed by atoms with Gasteiger partial charge in [-0.05, 0) is 26.0 Å². The number of hydrogen-bond acceptors (Lipinski definition) is 4. The van der Waals surface area contributed by atoms with Gasteiger partial charge in [0, 0.05) is 28.9 Å². The predicted octanol–water partition coefficient (Wildman–Crippen LogP) is 0.585. The van der Waals surface area contributed by atoms with Crippen LogP contribution in [0.3, 0.4) is 0 Å². The van der Waals surface area contributed by atoms with Gasteiger partial charge in [-0.3, -0.25) is 9.00 Å². The number of nitrogens with zero attached hydrogens (tertiary/aromatic N) is 1. The van der Waals surface area contributed by atoms with Gasteiger partial charge in [-0.2, -0.15) is 0 Å². The monoisotopic (exact) mass is 284 g/mol. The van der Waals surface area contributed by atoms with Crippen molar-refractivity contribution >= 4 is 22.7 Å². The van der Waals surface area contributed by atoms with Crippen LogP contribution in [0.25, 0.3) is 0 Å². The molecule has 1 rings (SSSR count). The summed E-state index contributed by atoms with van der Waals surface area (Å²) in [6, 6.07) is 2.71. The summed E-state index contributed by atoms with van der Waals surface area (Å²) in [5.41, 5.74) is 0.503. The first-order valence-electron chi connectivity index (χ1n) is 5.64.